The number of cyclic esters (lactones) is 1. The first-order chi connectivity index (χ1) is 12.4. The molecule has 3 aliphatic carbocycles. The highest BCUT2D eigenvalue weighted by Gasteiger charge is 2.61. The first-order valence-electron chi connectivity index (χ1n) is 10.0. The third-order valence-corrected chi connectivity index (χ3v) is 8.31. The zero-order valence-corrected chi connectivity index (χ0v) is 15.7. The van der Waals surface area contributed by atoms with Crippen LogP contribution in [0, 0.1) is 28.6 Å². The Morgan fingerprint density at radius 3 is 2.85 bits per heavy atom. The second-order valence-electron chi connectivity index (χ2n) is 9.58. The van der Waals surface area contributed by atoms with E-state index in [0.717, 1.165) is 31.4 Å². The summed E-state index contributed by atoms with van der Waals surface area (Å²) in [6.45, 7) is 5.13. The topological polar surface area (TPSA) is 56.3 Å². The fourth-order valence-corrected chi connectivity index (χ4v) is 6.95. The van der Waals surface area contributed by atoms with E-state index in [2.05, 4.69) is 24.9 Å². The van der Waals surface area contributed by atoms with Crippen molar-refractivity contribution in [1.29, 1.82) is 0 Å². The van der Waals surface area contributed by atoms with Gasteiger partial charge in [0.25, 0.3) is 0 Å². The van der Waals surface area contributed by atoms with Gasteiger partial charge in [-0.05, 0) is 60.5 Å². The fourth-order valence-electron chi connectivity index (χ4n) is 6.95. The molecule has 1 aromatic heterocycles. The van der Waals surface area contributed by atoms with Crippen LogP contribution in [-0.4, -0.2) is 23.3 Å². The third kappa shape index (κ3) is 2.10. The molecule has 4 aliphatic rings. The maximum Gasteiger partial charge on any atom is 0.306 e. The molecule has 2 saturated carbocycles. The van der Waals surface area contributed by atoms with Gasteiger partial charge in [0.2, 0.25) is 0 Å². The summed E-state index contributed by atoms with van der Waals surface area (Å²) in [5, 5.41) is 0. The van der Waals surface area contributed by atoms with Crippen molar-refractivity contribution in [2.45, 2.75) is 58.3 Å². The van der Waals surface area contributed by atoms with E-state index >= 15 is 0 Å². The summed E-state index contributed by atoms with van der Waals surface area (Å²) in [5.74, 6) is 1.41. The lowest BCUT2D eigenvalue weighted by molar-refractivity contribution is -0.178. The summed E-state index contributed by atoms with van der Waals surface area (Å²) in [4.78, 5) is 29.9. The van der Waals surface area contributed by atoms with Crippen LogP contribution in [0.5, 0.6) is 0 Å². The summed E-state index contributed by atoms with van der Waals surface area (Å²) in [7, 11) is 0. The summed E-state index contributed by atoms with van der Waals surface area (Å²) >= 11 is 0. The van der Waals surface area contributed by atoms with Crippen molar-refractivity contribution in [3.8, 4) is 0 Å². The molecule has 5 rings (SSSR count). The van der Waals surface area contributed by atoms with Crippen LogP contribution in [0.2, 0.25) is 0 Å². The minimum atomic E-state index is -0.0777. The Kier molecular flexibility index (Phi) is 3.42. The number of aromatic nitrogens is 1. The van der Waals surface area contributed by atoms with Gasteiger partial charge >= 0.3 is 5.97 Å². The number of carbonyl (C=O) groups excluding carboxylic acids is 2. The molecule has 0 unspecified atom stereocenters. The first-order valence-corrected chi connectivity index (χ1v) is 10.0. The number of ketones is 1. The zero-order valence-electron chi connectivity index (χ0n) is 15.7. The molecule has 3 fully saturated rings. The summed E-state index contributed by atoms with van der Waals surface area (Å²) in [5.41, 5.74) is 2.33. The van der Waals surface area contributed by atoms with E-state index < -0.39 is 0 Å². The van der Waals surface area contributed by atoms with Crippen molar-refractivity contribution < 1.29 is 14.3 Å². The van der Waals surface area contributed by atoms with Crippen LogP contribution in [0.4, 0.5) is 0 Å². The molecule has 0 radical (unpaired) electrons. The quantitative estimate of drug-likeness (QED) is 0.668. The molecular formula is C22H27NO3. The van der Waals surface area contributed by atoms with Crippen molar-refractivity contribution in [2.75, 3.05) is 6.61 Å². The van der Waals surface area contributed by atoms with Crippen LogP contribution < -0.4 is 0 Å². The van der Waals surface area contributed by atoms with Crippen molar-refractivity contribution in [2.24, 2.45) is 28.6 Å². The number of fused-ring (bicyclic) bond motifs is 7. The number of Topliss-reactive ketones (excluding diaryl/α,β-unsaturated/α-hetero) is 1. The van der Waals surface area contributed by atoms with E-state index in [0.29, 0.717) is 43.0 Å². The molecule has 0 N–H and O–H groups in total. The van der Waals surface area contributed by atoms with Gasteiger partial charge in [0.15, 0.2) is 0 Å². The number of hydrogen-bond acceptors (Lipinski definition) is 4. The maximum atomic E-state index is 13.4. The average Bonchev–Trinajstić information content (AvgIpc) is 2.62. The van der Waals surface area contributed by atoms with Crippen LogP contribution in [0.3, 0.4) is 0 Å². The third-order valence-electron chi connectivity index (χ3n) is 8.31. The van der Waals surface area contributed by atoms with E-state index in [9.17, 15) is 9.59 Å². The largest absolute Gasteiger partial charge is 0.465 e. The first kappa shape index (κ1) is 16.5. The van der Waals surface area contributed by atoms with Gasteiger partial charge in [0.1, 0.15) is 5.78 Å². The Balaban J connectivity index is 1.56. The highest BCUT2D eigenvalue weighted by molar-refractivity contribution is 5.88. The van der Waals surface area contributed by atoms with E-state index in [1.165, 1.54) is 5.56 Å². The smallest absolute Gasteiger partial charge is 0.306 e. The van der Waals surface area contributed by atoms with Gasteiger partial charge in [-0.25, -0.2) is 0 Å². The van der Waals surface area contributed by atoms with Crippen molar-refractivity contribution in [1.82, 2.24) is 4.98 Å². The number of pyridine rings is 1. The molecule has 0 aromatic carbocycles. The van der Waals surface area contributed by atoms with Crippen LogP contribution >= 0.6 is 0 Å². The molecule has 4 nitrogen and oxygen atoms in total. The van der Waals surface area contributed by atoms with Crippen LogP contribution in [0.25, 0.3) is 0 Å². The van der Waals surface area contributed by atoms with Gasteiger partial charge < -0.3 is 4.74 Å². The Labute approximate surface area is 154 Å². The van der Waals surface area contributed by atoms with Crippen LogP contribution in [0.1, 0.15) is 63.1 Å². The molecule has 1 aromatic rings. The number of carbonyl (C=O) groups is 2. The molecule has 1 saturated heterocycles. The van der Waals surface area contributed by atoms with Crippen molar-refractivity contribution in [3.05, 3.63) is 29.6 Å². The molecule has 0 amide bonds. The van der Waals surface area contributed by atoms with Crippen LogP contribution in [-0.2, 0) is 20.7 Å². The summed E-state index contributed by atoms with van der Waals surface area (Å²) < 4.78 is 5.40. The SMILES string of the molecule is C[C@]12CC[C@H]3[C@@H](CC(=O)[C@H]4c5cccnc5CC[C@@]43C)[C@@H]1CC(=O)OC2. The highest BCUT2D eigenvalue weighted by Crippen LogP contribution is 2.64. The van der Waals surface area contributed by atoms with Crippen molar-refractivity contribution >= 4 is 11.8 Å². The second kappa shape index (κ2) is 5.40. The molecule has 1 aliphatic heterocycles. The molecule has 2 heterocycles. The average molecular weight is 353 g/mol. The molecule has 26 heavy (non-hydrogen) atoms. The number of esters is 1. The van der Waals surface area contributed by atoms with Gasteiger partial charge in [-0.2, -0.15) is 0 Å². The Bertz CT molecular complexity index is 789. The van der Waals surface area contributed by atoms with Gasteiger partial charge in [0.05, 0.1) is 12.5 Å². The highest BCUT2D eigenvalue weighted by atomic mass is 16.5. The minimum absolute atomic E-state index is 0.00127. The molecule has 138 valence electrons. The zero-order chi connectivity index (χ0) is 18.1. The lowest BCUT2D eigenvalue weighted by Gasteiger charge is -2.60. The van der Waals surface area contributed by atoms with Gasteiger partial charge in [-0.3, -0.25) is 14.6 Å². The minimum Gasteiger partial charge on any atom is -0.465 e. The predicted octanol–water partition coefficient (Wildman–Crippen LogP) is 3.69. The Hall–Kier alpha value is -1.71. The number of nitrogens with zero attached hydrogens (tertiary/aromatic N) is 1. The lowest BCUT2D eigenvalue weighted by Crippen LogP contribution is -2.58. The maximum absolute atomic E-state index is 13.4. The predicted molar refractivity (Wildman–Crippen MR) is 96.4 cm³/mol. The molecule has 6 atom stereocenters. The number of aryl methyl sites for hydroxylation is 1. The lowest BCUT2D eigenvalue weighted by atomic mass is 9.44. The van der Waals surface area contributed by atoms with E-state index in [4.69, 9.17) is 4.74 Å². The van der Waals surface area contributed by atoms with Gasteiger partial charge in [-0.1, -0.05) is 19.9 Å². The summed E-state index contributed by atoms with van der Waals surface area (Å²) in [6.07, 6.45) is 7.19. The summed E-state index contributed by atoms with van der Waals surface area (Å²) in [6, 6.07) is 4.09. The van der Waals surface area contributed by atoms with E-state index in [1.54, 1.807) is 0 Å². The Morgan fingerprint density at radius 2 is 2.00 bits per heavy atom. The van der Waals surface area contributed by atoms with Crippen molar-refractivity contribution in [3.63, 3.8) is 0 Å². The van der Waals surface area contributed by atoms with E-state index in [-0.39, 0.29) is 22.7 Å². The standard InChI is InChI=1S/C22H27NO3/c1-21-7-5-15-14(16(21)11-19(25)26-12-21)10-18(24)20-13-4-3-9-23-17(13)6-8-22(15,20)2/h3-4,9,14-16,20H,5-8,10-12H2,1-2H3/t14-,15+,16+,20-,21-,22-/m1/s1. The molecule has 0 spiro atoms. The Morgan fingerprint density at radius 1 is 1.15 bits per heavy atom. The number of rotatable bonds is 0. The molecular weight excluding hydrogens is 326 g/mol. The van der Waals surface area contributed by atoms with Gasteiger partial charge in [-0.15, -0.1) is 0 Å². The second-order valence-corrected chi connectivity index (χ2v) is 9.58. The number of ether oxygens (including phenoxy) is 1. The molecule has 0 bridgehead atoms. The van der Waals surface area contributed by atoms with Gasteiger partial charge in [0, 0.05) is 30.1 Å². The van der Waals surface area contributed by atoms with E-state index in [1.807, 2.05) is 12.3 Å². The van der Waals surface area contributed by atoms with Crippen LogP contribution in [0.15, 0.2) is 18.3 Å². The fraction of sp³-hybridized carbons (Fsp3) is 0.682. The normalized spacial score (nSPS) is 44.2. The molecule has 4 heteroatoms. The monoisotopic (exact) mass is 353 g/mol. The number of hydrogen-bond donors (Lipinski definition) is 0.